The Morgan fingerprint density at radius 3 is 2.42 bits per heavy atom. The number of aryl methyl sites for hydroxylation is 1. The molecule has 0 amide bonds. The van der Waals surface area contributed by atoms with Gasteiger partial charge in [-0.3, -0.25) is 4.90 Å². The lowest BCUT2D eigenvalue weighted by atomic mass is 10.1. The minimum Gasteiger partial charge on any atom is -0.329 e. The molecule has 0 spiro atoms. The summed E-state index contributed by atoms with van der Waals surface area (Å²) in [4.78, 5) is 2.64. The number of hydrogen-bond donors (Lipinski definition) is 1. The van der Waals surface area contributed by atoms with E-state index in [-0.39, 0.29) is 0 Å². The van der Waals surface area contributed by atoms with E-state index in [0.717, 1.165) is 19.1 Å². The first-order valence-corrected chi connectivity index (χ1v) is 7.88. The molecule has 0 saturated heterocycles. The van der Waals surface area contributed by atoms with Gasteiger partial charge in [0, 0.05) is 19.1 Å². The number of benzene rings is 1. The van der Waals surface area contributed by atoms with Crippen LogP contribution in [0.15, 0.2) is 30.3 Å². The van der Waals surface area contributed by atoms with E-state index in [4.69, 9.17) is 5.73 Å². The lowest BCUT2D eigenvalue weighted by Gasteiger charge is -2.28. The zero-order valence-electron chi connectivity index (χ0n) is 12.1. The van der Waals surface area contributed by atoms with Crippen molar-refractivity contribution in [3.8, 4) is 0 Å². The Balaban J connectivity index is 1.67. The average molecular weight is 260 g/mol. The quantitative estimate of drug-likeness (QED) is 0.727. The van der Waals surface area contributed by atoms with Crippen molar-refractivity contribution in [3.05, 3.63) is 35.9 Å². The summed E-state index contributed by atoms with van der Waals surface area (Å²) in [5.41, 5.74) is 7.22. The standard InChI is InChI=1S/C17H28N2/c18-13-15-19(17-11-4-5-12-17)14-7-6-10-16-8-2-1-3-9-16/h1-3,8-9,17H,4-7,10-15,18H2. The lowest BCUT2D eigenvalue weighted by molar-refractivity contribution is 0.200. The molecule has 0 radical (unpaired) electrons. The van der Waals surface area contributed by atoms with E-state index in [1.165, 1.54) is 57.1 Å². The molecule has 0 aliphatic heterocycles. The fourth-order valence-corrected chi connectivity index (χ4v) is 3.20. The van der Waals surface area contributed by atoms with Crippen LogP contribution in [0.4, 0.5) is 0 Å². The maximum Gasteiger partial charge on any atom is 0.0108 e. The maximum atomic E-state index is 5.75. The number of unbranched alkanes of at least 4 members (excludes halogenated alkanes) is 1. The molecule has 2 N–H and O–H groups in total. The van der Waals surface area contributed by atoms with Gasteiger partial charge in [0.2, 0.25) is 0 Å². The second-order valence-electron chi connectivity index (χ2n) is 5.71. The molecule has 1 fully saturated rings. The van der Waals surface area contributed by atoms with E-state index in [0.29, 0.717) is 0 Å². The second-order valence-corrected chi connectivity index (χ2v) is 5.71. The van der Waals surface area contributed by atoms with Crippen LogP contribution in [0, 0.1) is 0 Å². The fourth-order valence-electron chi connectivity index (χ4n) is 3.20. The molecule has 106 valence electrons. The predicted octanol–water partition coefficient (Wildman–Crippen LogP) is 3.21. The summed E-state index contributed by atoms with van der Waals surface area (Å²) in [6.45, 7) is 3.11. The molecule has 0 aromatic heterocycles. The van der Waals surface area contributed by atoms with E-state index >= 15 is 0 Å². The number of nitrogens with zero attached hydrogens (tertiary/aromatic N) is 1. The molecule has 19 heavy (non-hydrogen) atoms. The van der Waals surface area contributed by atoms with Gasteiger partial charge in [-0.1, -0.05) is 43.2 Å². The van der Waals surface area contributed by atoms with Crippen LogP contribution in [0.1, 0.15) is 44.1 Å². The Kier molecular flexibility index (Phi) is 6.38. The van der Waals surface area contributed by atoms with Crippen LogP contribution >= 0.6 is 0 Å². The van der Waals surface area contributed by atoms with Crippen LogP contribution in [0.2, 0.25) is 0 Å². The van der Waals surface area contributed by atoms with Gasteiger partial charge in [0.25, 0.3) is 0 Å². The number of nitrogens with two attached hydrogens (primary N) is 1. The van der Waals surface area contributed by atoms with E-state index < -0.39 is 0 Å². The van der Waals surface area contributed by atoms with Crippen molar-refractivity contribution >= 4 is 0 Å². The van der Waals surface area contributed by atoms with Gasteiger partial charge in [0.15, 0.2) is 0 Å². The van der Waals surface area contributed by atoms with E-state index in [1.807, 2.05) is 0 Å². The molecule has 0 bridgehead atoms. The van der Waals surface area contributed by atoms with E-state index in [9.17, 15) is 0 Å². The van der Waals surface area contributed by atoms with Crippen LogP contribution in [-0.2, 0) is 6.42 Å². The molecular weight excluding hydrogens is 232 g/mol. The van der Waals surface area contributed by atoms with Gasteiger partial charge in [0.1, 0.15) is 0 Å². The van der Waals surface area contributed by atoms with Crippen LogP contribution in [-0.4, -0.2) is 30.6 Å². The first-order chi connectivity index (χ1) is 9.40. The molecule has 1 aliphatic carbocycles. The zero-order valence-corrected chi connectivity index (χ0v) is 12.1. The molecule has 1 aromatic rings. The van der Waals surface area contributed by atoms with Gasteiger partial charge in [-0.25, -0.2) is 0 Å². The molecule has 1 saturated carbocycles. The first kappa shape index (κ1) is 14.5. The smallest absolute Gasteiger partial charge is 0.0108 e. The topological polar surface area (TPSA) is 29.3 Å². The highest BCUT2D eigenvalue weighted by Crippen LogP contribution is 2.23. The summed E-state index contributed by atoms with van der Waals surface area (Å²) in [6, 6.07) is 11.6. The maximum absolute atomic E-state index is 5.75. The molecule has 1 aliphatic rings. The Morgan fingerprint density at radius 2 is 1.74 bits per heavy atom. The summed E-state index contributed by atoms with van der Waals surface area (Å²) in [5.74, 6) is 0. The lowest BCUT2D eigenvalue weighted by Crippen LogP contribution is -2.38. The second kappa shape index (κ2) is 8.34. The largest absolute Gasteiger partial charge is 0.329 e. The van der Waals surface area contributed by atoms with Crippen LogP contribution in [0.25, 0.3) is 0 Å². The molecule has 0 atom stereocenters. The summed E-state index contributed by atoms with van der Waals surface area (Å²) >= 11 is 0. The Hall–Kier alpha value is -0.860. The van der Waals surface area contributed by atoms with Gasteiger partial charge < -0.3 is 5.73 Å². The van der Waals surface area contributed by atoms with Gasteiger partial charge >= 0.3 is 0 Å². The highest BCUT2D eigenvalue weighted by Gasteiger charge is 2.21. The van der Waals surface area contributed by atoms with Crippen molar-refractivity contribution in [3.63, 3.8) is 0 Å². The summed E-state index contributed by atoms with van der Waals surface area (Å²) in [7, 11) is 0. The van der Waals surface area contributed by atoms with E-state index in [1.54, 1.807) is 0 Å². The molecule has 0 heterocycles. The summed E-state index contributed by atoms with van der Waals surface area (Å²) in [6.07, 6.45) is 9.40. The third-order valence-corrected chi connectivity index (χ3v) is 4.26. The highest BCUT2D eigenvalue weighted by atomic mass is 15.2. The normalized spacial score (nSPS) is 16.3. The number of rotatable bonds is 8. The minimum absolute atomic E-state index is 0.801. The average Bonchev–Trinajstić information content (AvgIpc) is 2.97. The summed E-state index contributed by atoms with van der Waals surface area (Å²) in [5, 5.41) is 0. The highest BCUT2D eigenvalue weighted by molar-refractivity contribution is 5.14. The molecule has 2 nitrogen and oxygen atoms in total. The van der Waals surface area contributed by atoms with Crippen LogP contribution in [0.3, 0.4) is 0 Å². The van der Waals surface area contributed by atoms with Crippen molar-refractivity contribution in [1.29, 1.82) is 0 Å². The Morgan fingerprint density at radius 1 is 1.00 bits per heavy atom. The third kappa shape index (κ3) is 4.96. The molecule has 0 unspecified atom stereocenters. The van der Waals surface area contributed by atoms with Crippen molar-refractivity contribution in [2.75, 3.05) is 19.6 Å². The molecule has 1 aromatic carbocycles. The zero-order chi connectivity index (χ0) is 13.3. The molecule has 2 rings (SSSR count). The Labute approximate surface area is 118 Å². The van der Waals surface area contributed by atoms with Gasteiger partial charge in [-0.15, -0.1) is 0 Å². The van der Waals surface area contributed by atoms with Gasteiger partial charge in [-0.05, 0) is 44.2 Å². The van der Waals surface area contributed by atoms with Crippen LogP contribution in [0.5, 0.6) is 0 Å². The molecular formula is C17H28N2. The van der Waals surface area contributed by atoms with Crippen molar-refractivity contribution in [2.24, 2.45) is 5.73 Å². The van der Waals surface area contributed by atoms with Crippen molar-refractivity contribution in [1.82, 2.24) is 4.90 Å². The molecule has 2 heteroatoms. The first-order valence-electron chi connectivity index (χ1n) is 7.88. The predicted molar refractivity (Wildman–Crippen MR) is 82.3 cm³/mol. The SMILES string of the molecule is NCCN(CCCCc1ccccc1)C1CCCC1. The Bertz CT molecular complexity index is 330. The fraction of sp³-hybridized carbons (Fsp3) is 0.647. The number of hydrogen-bond acceptors (Lipinski definition) is 2. The monoisotopic (exact) mass is 260 g/mol. The van der Waals surface area contributed by atoms with Crippen molar-refractivity contribution in [2.45, 2.75) is 51.0 Å². The van der Waals surface area contributed by atoms with Crippen molar-refractivity contribution < 1.29 is 0 Å². The summed E-state index contributed by atoms with van der Waals surface area (Å²) < 4.78 is 0. The van der Waals surface area contributed by atoms with Crippen LogP contribution < -0.4 is 5.73 Å². The third-order valence-electron chi connectivity index (χ3n) is 4.26. The van der Waals surface area contributed by atoms with E-state index in [2.05, 4.69) is 35.2 Å². The van der Waals surface area contributed by atoms with Gasteiger partial charge in [-0.2, -0.15) is 0 Å². The van der Waals surface area contributed by atoms with Gasteiger partial charge in [0.05, 0.1) is 0 Å². The minimum atomic E-state index is 0.801.